The van der Waals surface area contributed by atoms with Crippen molar-refractivity contribution in [2.24, 2.45) is 0 Å². The Kier molecular flexibility index (Phi) is 4.11. The maximum absolute atomic E-state index is 13.3. The third-order valence-corrected chi connectivity index (χ3v) is 4.61. The topological polar surface area (TPSA) is 63.3 Å². The number of thioether (sulfide) groups is 1. The van der Waals surface area contributed by atoms with E-state index in [-0.39, 0.29) is 11.3 Å². The van der Waals surface area contributed by atoms with Crippen molar-refractivity contribution in [2.45, 2.75) is 42.2 Å². The van der Waals surface area contributed by atoms with Gasteiger partial charge in [-0.05, 0) is 25.0 Å². The van der Waals surface area contributed by atoms with E-state index >= 15 is 0 Å². The number of hydrogen-bond acceptors (Lipinski definition) is 3. The van der Waals surface area contributed by atoms with Gasteiger partial charge in [0.1, 0.15) is 5.82 Å². The molecule has 0 amide bonds. The number of benzene rings is 1. The molecule has 1 aliphatic carbocycles. The predicted molar refractivity (Wildman–Crippen MR) is 70.5 cm³/mol. The predicted octanol–water partition coefficient (Wildman–Crippen LogP) is 3.53. The molecule has 0 aliphatic heterocycles. The Labute approximate surface area is 110 Å². The van der Waals surface area contributed by atoms with E-state index in [0.29, 0.717) is 10.1 Å². The second-order valence-electron chi connectivity index (χ2n) is 4.52. The zero-order valence-corrected chi connectivity index (χ0v) is 10.8. The number of nitrogens with two attached hydrogens (primary N) is 1. The van der Waals surface area contributed by atoms with Crippen molar-refractivity contribution < 1.29 is 14.3 Å². The molecule has 0 aromatic heterocycles. The number of halogens is 1. The van der Waals surface area contributed by atoms with Crippen molar-refractivity contribution >= 4 is 23.4 Å². The summed E-state index contributed by atoms with van der Waals surface area (Å²) >= 11 is 1.51. The van der Waals surface area contributed by atoms with E-state index < -0.39 is 11.8 Å². The number of carboxylic acid groups (broad SMARTS) is 1. The molecule has 1 fully saturated rings. The van der Waals surface area contributed by atoms with Crippen molar-refractivity contribution in [3.8, 4) is 0 Å². The molecule has 1 aromatic carbocycles. The van der Waals surface area contributed by atoms with Gasteiger partial charge in [-0.1, -0.05) is 19.3 Å². The number of anilines is 1. The second-order valence-corrected chi connectivity index (χ2v) is 5.86. The van der Waals surface area contributed by atoms with Crippen LogP contribution in [0.1, 0.15) is 42.5 Å². The molecule has 1 aliphatic rings. The van der Waals surface area contributed by atoms with Gasteiger partial charge < -0.3 is 10.8 Å². The lowest BCUT2D eigenvalue weighted by molar-refractivity contribution is 0.0694. The molecule has 3 N–H and O–H groups in total. The fourth-order valence-electron chi connectivity index (χ4n) is 2.26. The first-order valence-electron chi connectivity index (χ1n) is 6.07. The highest BCUT2D eigenvalue weighted by atomic mass is 32.2. The number of hydrogen-bond donors (Lipinski definition) is 2. The van der Waals surface area contributed by atoms with Crippen LogP contribution in [-0.2, 0) is 0 Å². The Bertz CT molecular complexity index is 459. The minimum atomic E-state index is -1.16. The molecule has 5 heteroatoms. The monoisotopic (exact) mass is 269 g/mol. The van der Waals surface area contributed by atoms with Gasteiger partial charge in [-0.25, -0.2) is 9.18 Å². The lowest BCUT2D eigenvalue weighted by Gasteiger charge is -2.22. The van der Waals surface area contributed by atoms with E-state index in [0.717, 1.165) is 12.8 Å². The van der Waals surface area contributed by atoms with E-state index in [2.05, 4.69) is 0 Å². The third-order valence-electron chi connectivity index (χ3n) is 3.21. The fourth-order valence-corrected chi connectivity index (χ4v) is 3.65. The lowest BCUT2D eigenvalue weighted by Crippen LogP contribution is -2.11. The minimum Gasteiger partial charge on any atom is -0.478 e. The normalized spacial score (nSPS) is 16.7. The SMILES string of the molecule is Nc1c(F)ccc(SC2CCCCC2)c1C(=O)O. The van der Waals surface area contributed by atoms with Crippen LogP contribution in [0.5, 0.6) is 0 Å². The van der Waals surface area contributed by atoms with E-state index in [9.17, 15) is 9.18 Å². The highest BCUT2D eigenvalue weighted by molar-refractivity contribution is 8.00. The Morgan fingerprint density at radius 2 is 2.00 bits per heavy atom. The highest BCUT2D eigenvalue weighted by Gasteiger charge is 2.21. The summed E-state index contributed by atoms with van der Waals surface area (Å²) in [6.45, 7) is 0. The van der Waals surface area contributed by atoms with Crippen molar-refractivity contribution in [3.05, 3.63) is 23.5 Å². The molecule has 0 radical (unpaired) electrons. The second kappa shape index (κ2) is 5.61. The number of carboxylic acids is 1. The van der Waals surface area contributed by atoms with Crippen molar-refractivity contribution in [3.63, 3.8) is 0 Å². The highest BCUT2D eigenvalue weighted by Crippen LogP contribution is 2.37. The van der Waals surface area contributed by atoms with Gasteiger partial charge in [-0.15, -0.1) is 11.8 Å². The number of nitrogen functional groups attached to an aromatic ring is 1. The summed E-state index contributed by atoms with van der Waals surface area (Å²) in [5.41, 5.74) is 5.17. The molecule has 0 heterocycles. The summed E-state index contributed by atoms with van der Waals surface area (Å²) in [7, 11) is 0. The summed E-state index contributed by atoms with van der Waals surface area (Å²) < 4.78 is 13.3. The van der Waals surface area contributed by atoms with Gasteiger partial charge in [0.25, 0.3) is 0 Å². The number of rotatable bonds is 3. The lowest BCUT2D eigenvalue weighted by atomic mass is 10.0. The molecule has 2 rings (SSSR count). The van der Waals surface area contributed by atoms with Crippen molar-refractivity contribution in [1.29, 1.82) is 0 Å². The first-order chi connectivity index (χ1) is 8.59. The molecule has 0 unspecified atom stereocenters. The molecule has 0 bridgehead atoms. The van der Waals surface area contributed by atoms with Crippen LogP contribution in [0.2, 0.25) is 0 Å². The van der Waals surface area contributed by atoms with Crippen LogP contribution < -0.4 is 5.73 Å². The van der Waals surface area contributed by atoms with E-state index in [1.165, 1.54) is 43.2 Å². The Balaban J connectivity index is 2.26. The zero-order valence-electron chi connectivity index (χ0n) is 9.99. The number of aromatic carboxylic acids is 1. The summed E-state index contributed by atoms with van der Waals surface area (Å²) in [5, 5.41) is 9.56. The average molecular weight is 269 g/mol. The van der Waals surface area contributed by atoms with Crippen LogP contribution in [0, 0.1) is 5.82 Å². The van der Waals surface area contributed by atoms with Gasteiger partial charge in [0, 0.05) is 10.1 Å². The standard InChI is InChI=1S/C13H16FNO2S/c14-9-6-7-10(11(12(9)15)13(16)17)18-8-4-2-1-3-5-8/h6-8H,1-5,15H2,(H,16,17). The summed E-state index contributed by atoms with van der Waals surface area (Å²) in [4.78, 5) is 11.8. The summed E-state index contributed by atoms with van der Waals surface area (Å²) in [5.74, 6) is -1.83. The molecule has 0 saturated heterocycles. The fraction of sp³-hybridized carbons (Fsp3) is 0.462. The molecule has 98 valence electrons. The molecular weight excluding hydrogens is 253 g/mol. The largest absolute Gasteiger partial charge is 0.478 e. The maximum atomic E-state index is 13.3. The van der Waals surface area contributed by atoms with Crippen molar-refractivity contribution in [1.82, 2.24) is 0 Å². The maximum Gasteiger partial charge on any atom is 0.339 e. The first kappa shape index (κ1) is 13.2. The Morgan fingerprint density at radius 1 is 1.33 bits per heavy atom. The van der Waals surface area contributed by atoms with Crippen LogP contribution >= 0.6 is 11.8 Å². The van der Waals surface area contributed by atoms with Crippen LogP contribution in [0.25, 0.3) is 0 Å². The Hall–Kier alpha value is -1.23. The molecule has 0 spiro atoms. The molecule has 3 nitrogen and oxygen atoms in total. The zero-order chi connectivity index (χ0) is 13.1. The smallest absolute Gasteiger partial charge is 0.339 e. The molecular formula is C13H16FNO2S. The third kappa shape index (κ3) is 2.77. The first-order valence-corrected chi connectivity index (χ1v) is 6.95. The molecule has 1 aromatic rings. The van der Waals surface area contributed by atoms with Crippen LogP contribution in [0.4, 0.5) is 10.1 Å². The van der Waals surface area contributed by atoms with E-state index in [4.69, 9.17) is 10.8 Å². The van der Waals surface area contributed by atoms with Gasteiger partial charge in [-0.3, -0.25) is 0 Å². The van der Waals surface area contributed by atoms with Gasteiger partial charge in [0.2, 0.25) is 0 Å². The average Bonchev–Trinajstić information content (AvgIpc) is 2.35. The van der Waals surface area contributed by atoms with Crippen LogP contribution in [0.3, 0.4) is 0 Å². The Morgan fingerprint density at radius 3 is 2.61 bits per heavy atom. The molecule has 0 atom stereocenters. The van der Waals surface area contributed by atoms with Gasteiger partial charge in [-0.2, -0.15) is 0 Å². The minimum absolute atomic E-state index is 0.0921. The number of carbonyl (C=O) groups is 1. The van der Waals surface area contributed by atoms with E-state index in [1.54, 1.807) is 0 Å². The van der Waals surface area contributed by atoms with Gasteiger partial charge in [0.15, 0.2) is 0 Å². The van der Waals surface area contributed by atoms with Crippen LogP contribution in [-0.4, -0.2) is 16.3 Å². The summed E-state index contributed by atoms with van der Waals surface area (Å²) in [6.07, 6.45) is 5.77. The quantitative estimate of drug-likeness (QED) is 0.824. The van der Waals surface area contributed by atoms with Gasteiger partial charge in [0.05, 0.1) is 11.3 Å². The van der Waals surface area contributed by atoms with E-state index in [1.807, 2.05) is 0 Å². The summed E-state index contributed by atoms with van der Waals surface area (Å²) in [6, 6.07) is 2.77. The molecule has 18 heavy (non-hydrogen) atoms. The van der Waals surface area contributed by atoms with Crippen molar-refractivity contribution in [2.75, 3.05) is 5.73 Å². The van der Waals surface area contributed by atoms with Crippen LogP contribution in [0.15, 0.2) is 17.0 Å². The molecule has 1 saturated carbocycles. The van der Waals surface area contributed by atoms with Gasteiger partial charge >= 0.3 is 5.97 Å².